The molecule has 0 atom stereocenters. The lowest BCUT2D eigenvalue weighted by Crippen LogP contribution is -2.16. The molecule has 2 rings (SSSR count). The van der Waals surface area contributed by atoms with E-state index in [1.807, 2.05) is 18.2 Å². The fraction of sp³-hybridized carbons (Fsp3) is 0.125. The molecule has 2 aromatic rings. The number of ether oxygens (including phenoxy) is 1. The second kappa shape index (κ2) is 6.90. The third-order valence-electron chi connectivity index (χ3n) is 2.96. The van der Waals surface area contributed by atoms with Gasteiger partial charge >= 0.3 is 0 Å². The molecule has 21 heavy (non-hydrogen) atoms. The molecule has 0 unspecified atom stereocenters. The summed E-state index contributed by atoms with van der Waals surface area (Å²) in [6.07, 6.45) is 0.823. The minimum absolute atomic E-state index is 0.148. The number of rotatable bonds is 5. The summed E-state index contributed by atoms with van der Waals surface area (Å²) in [5.74, 6) is 0.402. The molecule has 0 fully saturated rings. The summed E-state index contributed by atoms with van der Waals surface area (Å²) in [5, 5.41) is 3.14. The van der Waals surface area contributed by atoms with Crippen LogP contribution in [0.25, 0.3) is 0 Å². The van der Waals surface area contributed by atoms with Crippen LogP contribution >= 0.6 is 11.6 Å². The molecule has 0 spiro atoms. The van der Waals surface area contributed by atoms with Gasteiger partial charge in [-0.05, 0) is 24.3 Å². The highest BCUT2D eigenvalue weighted by Crippen LogP contribution is 2.21. The molecule has 1 N–H and O–H groups in total. The largest absolute Gasteiger partial charge is 0.496 e. The SMILES string of the molecule is COc1ccccc1CC(=O)Nc1cc(Cl)ccc1C=O. The molecule has 2 aromatic carbocycles. The van der Waals surface area contributed by atoms with Crippen LogP contribution in [0.2, 0.25) is 5.02 Å². The second-order valence-electron chi connectivity index (χ2n) is 4.39. The Bertz CT molecular complexity index is 670. The standard InChI is InChI=1S/C16H14ClNO3/c1-21-15-5-3-2-4-11(15)8-16(20)18-14-9-13(17)7-6-12(14)10-19/h2-7,9-10H,8H2,1H3,(H,18,20). The molecule has 0 aromatic heterocycles. The Balaban J connectivity index is 2.15. The first-order valence-electron chi connectivity index (χ1n) is 6.30. The molecule has 0 bridgehead atoms. The molecular weight excluding hydrogens is 290 g/mol. The van der Waals surface area contributed by atoms with E-state index in [4.69, 9.17) is 16.3 Å². The van der Waals surface area contributed by atoms with Crippen LogP contribution < -0.4 is 10.1 Å². The molecule has 0 saturated carbocycles. The maximum absolute atomic E-state index is 12.1. The van der Waals surface area contributed by atoms with E-state index in [0.717, 1.165) is 5.56 Å². The summed E-state index contributed by atoms with van der Waals surface area (Å²) in [7, 11) is 1.55. The molecule has 0 aliphatic carbocycles. The maximum atomic E-state index is 12.1. The number of hydrogen-bond acceptors (Lipinski definition) is 3. The molecule has 0 aliphatic heterocycles. The van der Waals surface area contributed by atoms with Gasteiger partial charge in [0.2, 0.25) is 5.91 Å². The summed E-state index contributed by atoms with van der Waals surface area (Å²) in [6, 6.07) is 12.0. The average molecular weight is 304 g/mol. The van der Waals surface area contributed by atoms with E-state index in [-0.39, 0.29) is 12.3 Å². The van der Waals surface area contributed by atoms with Crippen molar-refractivity contribution in [3.63, 3.8) is 0 Å². The average Bonchev–Trinajstić information content (AvgIpc) is 2.48. The highest BCUT2D eigenvalue weighted by molar-refractivity contribution is 6.31. The molecule has 0 radical (unpaired) electrons. The summed E-state index contributed by atoms with van der Waals surface area (Å²) >= 11 is 5.88. The van der Waals surface area contributed by atoms with Crippen molar-refractivity contribution in [3.8, 4) is 5.75 Å². The quantitative estimate of drug-likeness (QED) is 0.862. The van der Waals surface area contributed by atoms with Gasteiger partial charge in [0.1, 0.15) is 5.75 Å². The monoisotopic (exact) mass is 303 g/mol. The van der Waals surface area contributed by atoms with E-state index in [9.17, 15) is 9.59 Å². The van der Waals surface area contributed by atoms with Gasteiger partial charge in [-0.15, -0.1) is 0 Å². The number of para-hydroxylation sites is 1. The Morgan fingerprint density at radius 2 is 2.05 bits per heavy atom. The van der Waals surface area contributed by atoms with Crippen LogP contribution in [0.5, 0.6) is 5.75 Å². The van der Waals surface area contributed by atoms with Crippen molar-refractivity contribution in [2.75, 3.05) is 12.4 Å². The first kappa shape index (κ1) is 15.1. The fourth-order valence-electron chi connectivity index (χ4n) is 1.96. The van der Waals surface area contributed by atoms with Crippen molar-refractivity contribution in [3.05, 3.63) is 58.6 Å². The highest BCUT2D eigenvalue weighted by Gasteiger charge is 2.11. The first-order chi connectivity index (χ1) is 10.1. The zero-order valence-electron chi connectivity index (χ0n) is 11.4. The van der Waals surface area contributed by atoms with Crippen molar-refractivity contribution in [2.24, 2.45) is 0 Å². The van der Waals surface area contributed by atoms with Crippen LogP contribution in [-0.2, 0) is 11.2 Å². The fourth-order valence-corrected chi connectivity index (χ4v) is 2.13. The van der Waals surface area contributed by atoms with Crippen molar-refractivity contribution in [1.82, 2.24) is 0 Å². The Kier molecular flexibility index (Phi) is 4.95. The Hall–Kier alpha value is -2.33. The number of halogens is 1. The number of carbonyl (C=O) groups is 2. The third kappa shape index (κ3) is 3.83. The molecule has 108 valence electrons. The lowest BCUT2D eigenvalue weighted by atomic mass is 10.1. The highest BCUT2D eigenvalue weighted by atomic mass is 35.5. The number of nitrogens with one attached hydrogen (secondary N) is 1. The van der Waals surface area contributed by atoms with Crippen LogP contribution in [0.1, 0.15) is 15.9 Å². The van der Waals surface area contributed by atoms with E-state index in [0.29, 0.717) is 28.3 Å². The summed E-state index contributed by atoms with van der Waals surface area (Å²) in [4.78, 5) is 23.1. The van der Waals surface area contributed by atoms with Gasteiger partial charge in [-0.3, -0.25) is 9.59 Å². The minimum atomic E-state index is -0.245. The van der Waals surface area contributed by atoms with Gasteiger partial charge in [0.25, 0.3) is 0 Å². The zero-order chi connectivity index (χ0) is 15.2. The molecule has 0 heterocycles. The summed E-state index contributed by atoms with van der Waals surface area (Å²) < 4.78 is 5.20. The Labute approximate surface area is 127 Å². The van der Waals surface area contributed by atoms with Gasteiger partial charge in [0.15, 0.2) is 6.29 Å². The van der Waals surface area contributed by atoms with Crippen LogP contribution in [0.15, 0.2) is 42.5 Å². The Morgan fingerprint density at radius 3 is 2.76 bits per heavy atom. The minimum Gasteiger partial charge on any atom is -0.496 e. The van der Waals surface area contributed by atoms with Crippen molar-refractivity contribution < 1.29 is 14.3 Å². The van der Waals surface area contributed by atoms with Crippen molar-refractivity contribution in [1.29, 1.82) is 0 Å². The number of aldehydes is 1. The molecule has 4 nitrogen and oxygen atoms in total. The topological polar surface area (TPSA) is 55.4 Å². The summed E-state index contributed by atoms with van der Waals surface area (Å²) in [6.45, 7) is 0. The second-order valence-corrected chi connectivity index (χ2v) is 4.82. The lowest BCUT2D eigenvalue weighted by molar-refractivity contribution is -0.115. The molecule has 5 heteroatoms. The third-order valence-corrected chi connectivity index (χ3v) is 3.20. The molecule has 0 saturated heterocycles. The number of methoxy groups -OCH3 is 1. The maximum Gasteiger partial charge on any atom is 0.228 e. The van der Waals surface area contributed by atoms with Gasteiger partial charge in [0, 0.05) is 16.1 Å². The van der Waals surface area contributed by atoms with Gasteiger partial charge in [-0.1, -0.05) is 29.8 Å². The van der Waals surface area contributed by atoms with Crippen LogP contribution in [-0.4, -0.2) is 19.3 Å². The number of benzene rings is 2. The van der Waals surface area contributed by atoms with Crippen LogP contribution in [0.4, 0.5) is 5.69 Å². The zero-order valence-corrected chi connectivity index (χ0v) is 12.2. The summed E-state index contributed by atoms with van der Waals surface area (Å²) in [5.41, 5.74) is 1.55. The predicted octanol–water partition coefficient (Wildman–Crippen LogP) is 3.34. The number of carbonyl (C=O) groups excluding carboxylic acids is 2. The molecule has 1 amide bonds. The van der Waals surface area contributed by atoms with E-state index in [1.165, 1.54) is 0 Å². The number of hydrogen-bond donors (Lipinski definition) is 1. The van der Waals surface area contributed by atoms with Gasteiger partial charge in [-0.25, -0.2) is 0 Å². The van der Waals surface area contributed by atoms with Crippen LogP contribution in [0.3, 0.4) is 0 Å². The van der Waals surface area contributed by atoms with E-state index < -0.39 is 0 Å². The Morgan fingerprint density at radius 1 is 1.29 bits per heavy atom. The first-order valence-corrected chi connectivity index (χ1v) is 6.68. The smallest absolute Gasteiger partial charge is 0.228 e. The van der Waals surface area contributed by atoms with Gasteiger partial charge in [0.05, 0.1) is 19.2 Å². The van der Waals surface area contributed by atoms with Crippen molar-refractivity contribution >= 4 is 29.5 Å². The van der Waals surface area contributed by atoms with E-state index in [1.54, 1.807) is 31.4 Å². The number of amides is 1. The molecule has 0 aliphatic rings. The molecular formula is C16H14ClNO3. The lowest BCUT2D eigenvalue weighted by Gasteiger charge is -2.10. The number of anilines is 1. The van der Waals surface area contributed by atoms with E-state index >= 15 is 0 Å². The van der Waals surface area contributed by atoms with Gasteiger partial charge < -0.3 is 10.1 Å². The normalized spacial score (nSPS) is 10.0. The van der Waals surface area contributed by atoms with Crippen molar-refractivity contribution in [2.45, 2.75) is 6.42 Å². The van der Waals surface area contributed by atoms with Crippen LogP contribution in [0, 0.1) is 0 Å². The van der Waals surface area contributed by atoms with E-state index in [2.05, 4.69) is 5.32 Å². The van der Waals surface area contributed by atoms with Gasteiger partial charge in [-0.2, -0.15) is 0 Å². The predicted molar refractivity (Wildman–Crippen MR) is 82.2 cm³/mol.